The topological polar surface area (TPSA) is 50.8 Å². The Labute approximate surface area is 131 Å². The molecular weight excluding hydrogens is 292 g/mol. The Bertz CT molecular complexity index is 498. The van der Waals surface area contributed by atoms with E-state index in [9.17, 15) is 4.79 Å². The van der Waals surface area contributed by atoms with E-state index in [4.69, 9.17) is 9.47 Å². The van der Waals surface area contributed by atoms with Crippen LogP contribution in [-0.2, 0) is 4.79 Å². The van der Waals surface area contributed by atoms with Gasteiger partial charge in [0.25, 0.3) is 5.91 Å². The summed E-state index contributed by atoms with van der Waals surface area (Å²) in [7, 11) is 1.94. The third kappa shape index (κ3) is 3.41. The second kappa shape index (κ2) is 7.00. The zero-order valence-corrected chi connectivity index (χ0v) is 12.9. The number of para-hydroxylation sites is 2. The summed E-state index contributed by atoms with van der Waals surface area (Å²) in [4.78, 5) is 14.4. The molecule has 0 spiro atoms. The van der Waals surface area contributed by atoms with E-state index in [0.717, 1.165) is 25.9 Å². The van der Waals surface area contributed by atoms with E-state index in [1.54, 1.807) is 0 Å². The second-order valence-electron chi connectivity index (χ2n) is 5.28. The second-order valence-corrected chi connectivity index (χ2v) is 5.28. The molecular formula is C15H21ClN2O3. The van der Waals surface area contributed by atoms with E-state index in [1.807, 2.05) is 36.2 Å². The number of halogens is 1. The lowest BCUT2D eigenvalue weighted by atomic mass is 10.1. The molecule has 2 heterocycles. The summed E-state index contributed by atoms with van der Waals surface area (Å²) in [6.45, 7) is 1.84. The van der Waals surface area contributed by atoms with Crippen LogP contribution in [0, 0.1) is 0 Å². The van der Waals surface area contributed by atoms with Crippen molar-refractivity contribution in [2.45, 2.75) is 25.0 Å². The van der Waals surface area contributed by atoms with E-state index in [1.165, 1.54) is 0 Å². The number of hydrogen-bond donors (Lipinski definition) is 1. The van der Waals surface area contributed by atoms with Crippen LogP contribution < -0.4 is 14.8 Å². The molecule has 2 unspecified atom stereocenters. The summed E-state index contributed by atoms with van der Waals surface area (Å²) >= 11 is 0. The number of ether oxygens (including phenoxy) is 2. The standard InChI is InChI=1S/C15H20N2O3.ClH/c1-16-11-5-4-8-17(9-11)15(18)14-10-19-12-6-2-3-7-13(12)20-14;/h2-3,6-7,11,14,16H,4-5,8-10H2,1H3;1H. The highest BCUT2D eigenvalue weighted by Crippen LogP contribution is 2.31. The quantitative estimate of drug-likeness (QED) is 0.898. The first-order valence-electron chi connectivity index (χ1n) is 7.12. The van der Waals surface area contributed by atoms with Crippen LogP contribution in [0.3, 0.4) is 0 Å². The summed E-state index contributed by atoms with van der Waals surface area (Å²) < 4.78 is 11.4. The average Bonchev–Trinajstić information content (AvgIpc) is 2.53. The van der Waals surface area contributed by atoms with Crippen molar-refractivity contribution in [1.29, 1.82) is 0 Å². The highest BCUT2D eigenvalue weighted by atomic mass is 35.5. The van der Waals surface area contributed by atoms with Crippen molar-refractivity contribution in [3.63, 3.8) is 0 Å². The SMILES string of the molecule is CNC1CCCN(C(=O)C2COc3ccccc3O2)C1.Cl. The highest BCUT2D eigenvalue weighted by Gasteiger charge is 2.33. The summed E-state index contributed by atoms with van der Waals surface area (Å²) in [5.41, 5.74) is 0. The van der Waals surface area contributed by atoms with E-state index >= 15 is 0 Å². The molecule has 1 fully saturated rings. The summed E-state index contributed by atoms with van der Waals surface area (Å²) in [5.74, 6) is 1.39. The van der Waals surface area contributed by atoms with Crippen molar-refractivity contribution < 1.29 is 14.3 Å². The Kier molecular flexibility index (Phi) is 5.31. The molecule has 116 valence electrons. The summed E-state index contributed by atoms with van der Waals surface area (Å²) in [5, 5.41) is 3.24. The van der Waals surface area contributed by atoms with Gasteiger partial charge in [0.05, 0.1) is 0 Å². The van der Waals surface area contributed by atoms with Crippen molar-refractivity contribution >= 4 is 18.3 Å². The molecule has 2 atom stereocenters. The predicted molar refractivity (Wildman–Crippen MR) is 82.3 cm³/mol. The van der Waals surface area contributed by atoms with E-state index in [0.29, 0.717) is 17.5 Å². The number of nitrogens with zero attached hydrogens (tertiary/aromatic N) is 1. The van der Waals surface area contributed by atoms with Gasteiger partial charge in [-0.15, -0.1) is 12.4 Å². The minimum absolute atomic E-state index is 0. The van der Waals surface area contributed by atoms with Crippen LogP contribution in [0.5, 0.6) is 11.5 Å². The van der Waals surface area contributed by atoms with Gasteiger partial charge in [0.15, 0.2) is 11.5 Å². The van der Waals surface area contributed by atoms with Crippen molar-refractivity contribution in [3.8, 4) is 11.5 Å². The fourth-order valence-electron chi connectivity index (χ4n) is 2.76. The van der Waals surface area contributed by atoms with Crippen LogP contribution in [-0.4, -0.2) is 49.7 Å². The van der Waals surface area contributed by atoms with Crippen LogP contribution in [0.1, 0.15) is 12.8 Å². The van der Waals surface area contributed by atoms with Gasteiger partial charge in [-0.2, -0.15) is 0 Å². The number of likely N-dealkylation sites (tertiary alicyclic amines) is 1. The van der Waals surface area contributed by atoms with Crippen molar-refractivity contribution in [2.24, 2.45) is 0 Å². The molecule has 6 heteroatoms. The fraction of sp³-hybridized carbons (Fsp3) is 0.533. The zero-order chi connectivity index (χ0) is 13.9. The van der Waals surface area contributed by atoms with Crippen LogP contribution >= 0.6 is 12.4 Å². The van der Waals surface area contributed by atoms with Crippen LogP contribution in [0.15, 0.2) is 24.3 Å². The monoisotopic (exact) mass is 312 g/mol. The minimum atomic E-state index is -0.527. The van der Waals surface area contributed by atoms with Gasteiger partial charge in [0.2, 0.25) is 6.10 Å². The van der Waals surface area contributed by atoms with Crippen LogP contribution in [0.4, 0.5) is 0 Å². The number of piperidine rings is 1. The molecule has 1 aromatic carbocycles. The third-order valence-electron chi connectivity index (χ3n) is 3.93. The first-order valence-corrected chi connectivity index (χ1v) is 7.12. The number of amides is 1. The van der Waals surface area contributed by atoms with Gasteiger partial charge in [-0.3, -0.25) is 4.79 Å². The number of likely N-dealkylation sites (N-methyl/N-ethyl adjacent to an activating group) is 1. The molecule has 1 N–H and O–H groups in total. The Morgan fingerprint density at radius 1 is 1.33 bits per heavy atom. The smallest absolute Gasteiger partial charge is 0.267 e. The molecule has 0 aliphatic carbocycles. The van der Waals surface area contributed by atoms with Gasteiger partial charge in [0, 0.05) is 19.1 Å². The molecule has 2 aliphatic rings. The van der Waals surface area contributed by atoms with Crippen molar-refractivity contribution in [3.05, 3.63) is 24.3 Å². The average molecular weight is 313 g/mol. The van der Waals surface area contributed by atoms with Gasteiger partial charge < -0.3 is 19.7 Å². The lowest BCUT2D eigenvalue weighted by Crippen LogP contribution is -2.53. The normalized spacial score (nSPS) is 24.1. The maximum Gasteiger partial charge on any atom is 0.267 e. The minimum Gasteiger partial charge on any atom is -0.485 e. The molecule has 0 saturated carbocycles. The molecule has 0 bridgehead atoms. The third-order valence-corrected chi connectivity index (χ3v) is 3.93. The van der Waals surface area contributed by atoms with E-state index in [-0.39, 0.29) is 24.9 Å². The van der Waals surface area contributed by atoms with Crippen molar-refractivity contribution in [1.82, 2.24) is 10.2 Å². The fourth-order valence-corrected chi connectivity index (χ4v) is 2.76. The number of benzene rings is 1. The lowest BCUT2D eigenvalue weighted by Gasteiger charge is -2.35. The molecule has 21 heavy (non-hydrogen) atoms. The van der Waals surface area contributed by atoms with Gasteiger partial charge in [0.1, 0.15) is 6.61 Å². The van der Waals surface area contributed by atoms with Gasteiger partial charge in [-0.1, -0.05) is 12.1 Å². The number of carbonyl (C=O) groups is 1. The Balaban J connectivity index is 0.00000161. The predicted octanol–water partition coefficient (Wildman–Crippen LogP) is 1.46. The number of carbonyl (C=O) groups excluding carboxylic acids is 1. The Hall–Kier alpha value is -1.46. The zero-order valence-electron chi connectivity index (χ0n) is 12.1. The molecule has 1 saturated heterocycles. The molecule has 2 aliphatic heterocycles. The van der Waals surface area contributed by atoms with Crippen LogP contribution in [0.25, 0.3) is 0 Å². The largest absolute Gasteiger partial charge is 0.485 e. The molecule has 3 rings (SSSR count). The number of hydrogen-bond acceptors (Lipinski definition) is 4. The van der Waals surface area contributed by atoms with Gasteiger partial charge in [-0.05, 0) is 32.0 Å². The summed E-state index contributed by atoms with van der Waals surface area (Å²) in [6.07, 6.45) is 1.62. The number of fused-ring (bicyclic) bond motifs is 1. The first-order chi connectivity index (χ1) is 9.78. The number of nitrogens with one attached hydrogen (secondary N) is 1. The van der Waals surface area contributed by atoms with Gasteiger partial charge >= 0.3 is 0 Å². The summed E-state index contributed by atoms with van der Waals surface area (Å²) in [6, 6.07) is 7.85. The Morgan fingerprint density at radius 2 is 2.10 bits per heavy atom. The van der Waals surface area contributed by atoms with Crippen molar-refractivity contribution in [2.75, 3.05) is 26.7 Å². The molecule has 1 aromatic rings. The maximum atomic E-state index is 12.5. The molecule has 5 nitrogen and oxygen atoms in total. The van der Waals surface area contributed by atoms with Crippen LogP contribution in [0.2, 0.25) is 0 Å². The molecule has 0 aromatic heterocycles. The first kappa shape index (κ1) is 15.9. The lowest BCUT2D eigenvalue weighted by molar-refractivity contribution is -0.142. The molecule has 0 radical (unpaired) electrons. The maximum absolute atomic E-state index is 12.5. The van der Waals surface area contributed by atoms with Gasteiger partial charge in [-0.25, -0.2) is 0 Å². The van der Waals surface area contributed by atoms with E-state index in [2.05, 4.69) is 5.32 Å². The van der Waals surface area contributed by atoms with E-state index < -0.39 is 6.10 Å². The number of rotatable bonds is 2. The Morgan fingerprint density at radius 3 is 2.86 bits per heavy atom. The molecule has 1 amide bonds. The highest BCUT2D eigenvalue weighted by molar-refractivity contribution is 5.85.